The number of amides is 1. The van der Waals surface area contributed by atoms with Crippen LogP contribution in [0, 0.1) is 11.3 Å². The first-order chi connectivity index (χ1) is 12.2. The summed E-state index contributed by atoms with van der Waals surface area (Å²) in [4.78, 5) is 14.9. The number of quaternary nitrogens is 1. The van der Waals surface area contributed by atoms with Gasteiger partial charge in [-0.25, -0.2) is 0 Å². The van der Waals surface area contributed by atoms with Crippen molar-refractivity contribution >= 4 is 22.9 Å². The summed E-state index contributed by atoms with van der Waals surface area (Å²) in [7, 11) is 0. The van der Waals surface area contributed by atoms with Crippen LogP contribution < -0.4 is 10.2 Å². The average molecular weight is 356 g/mol. The molecule has 1 fully saturated rings. The standard InChI is InChI=1S/C19H21N3O2S/c20-11-15-5-7-16(8-6-15)21-19(23)14-22(12-17-3-1-9-24-17)13-18-4-2-10-25-18/h2,4-8,10,17H,1,3,9,12-14H2,(H,21,23)/p+1/t17-/m0/s1. The summed E-state index contributed by atoms with van der Waals surface area (Å²) >= 11 is 1.72. The molecule has 0 saturated carbocycles. The van der Waals surface area contributed by atoms with E-state index in [0.29, 0.717) is 12.1 Å². The summed E-state index contributed by atoms with van der Waals surface area (Å²) in [5.74, 6) is -0.0192. The Kier molecular flexibility index (Phi) is 6.18. The molecule has 1 amide bonds. The zero-order chi connectivity index (χ0) is 17.5. The van der Waals surface area contributed by atoms with E-state index in [1.165, 1.54) is 9.78 Å². The van der Waals surface area contributed by atoms with Crippen LogP contribution in [0.2, 0.25) is 0 Å². The van der Waals surface area contributed by atoms with Crippen molar-refractivity contribution in [1.82, 2.24) is 0 Å². The third kappa shape index (κ3) is 5.40. The Balaban J connectivity index is 1.59. The van der Waals surface area contributed by atoms with Gasteiger partial charge in [-0.2, -0.15) is 5.26 Å². The van der Waals surface area contributed by atoms with Crippen LogP contribution in [0.25, 0.3) is 0 Å². The van der Waals surface area contributed by atoms with Gasteiger partial charge >= 0.3 is 0 Å². The van der Waals surface area contributed by atoms with Gasteiger partial charge in [-0.3, -0.25) is 4.79 Å². The predicted octanol–water partition coefficient (Wildman–Crippen LogP) is 1.82. The molecule has 1 aromatic carbocycles. The molecule has 1 aliphatic heterocycles. The van der Waals surface area contributed by atoms with Crippen molar-refractivity contribution in [2.75, 3.05) is 25.0 Å². The van der Waals surface area contributed by atoms with Gasteiger partial charge in [0.15, 0.2) is 6.54 Å². The number of nitriles is 1. The number of hydrogen-bond donors (Lipinski definition) is 2. The molecule has 5 nitrogen and oxygen atoms in total. The van der Waals surface area contributed by atoms with Gasteiger partial charge in [0, 0.05) is 12.3 Å². The van der Waals surface area contributed by atoms with Gasteiger partial charge in [-0.05, 0) is 48.6 Å². The van der Waals surface area contributed by atoms with Crippen LogP contribution >= 0.6 is 11.3 Å². The lowest BCUT2D eigenvalue weighted by atomic mass is 10.2. The summed E-state index contributed by atoms with van der Waals surface area (Å²) in [6.07, 6.45) is 2.43. The van der Waals surface area contributed by atoms with Crippen molar-refractivity contribution in [3.05, 3.63) is 52.2 Å². The van der Waals surface area contributed by atoms with Crippen LogP contribution in [0.1, 0.15) is 23.3 Å². The van der Waals surface area contributed by atoms with E-state index in [0.717, 1.165) is 38.2 Å². The van der Waals surface area contributed by atoms with Crippen molar-refractivity contribution < 1.29 is 14.4 Å². The first kappa shape index (κ1) is 17.6. The SMILES string of the molecule is N#Cc1ccc(NC(=O)C[NH+](Cc2cccs2)C[C@@H]2CCCO2)cc1. The maximum Gasteiger partial charge on any atom is 0.279 e. The number of ether oxygens (including phenoxy) is 1. The first-order valence-corrected chi connectivity index (χ1v) is 9.38. The number of anilines is 1. The zero-order valence-corrected chi connectivity index (χ0v) is 14.8. The molecule has 1 aliphatic rings. The number of thiophene rings is 1. The number of hydrogen-bond acceptors (Lipinski definition) is 4. The van der Waals surface area contributed by atoms with E-state index in [-0.39, 0.29) is 12.0 Å². The molecule has 0 aliphatic carbocycles. The molecular weight excluding hydrogens is 334 g/mol. The summed E-state index contributed by atoms with van der Waals surface area (Å²) in [5.41, 5.74) is 1.30. The lowest BCUT2D eigenvalue weighted by molar-refractivity contribution is -0.908. The zero-order valence-electron chi connectivity index (χ0n) is 14.0. The molecule has 1 saturated heterocycles. The maximum absolute atomic E-state index is 12.4. The Bertz CT molecular complexity index is 716. The number of nitrogens with zero attached hydrogens (tertiary/aromatic N) is 1. The van der Waals surface area contributed by atoms with E-state index in [2.05, 4.69) is 22.8 Å². The summed E-state index contributed by atoms with van der Waals surface area (Å²) < 4.78 is 5.75. The topological polar surface area (TPSA) is 66.6 Å². The highest BCUT2D eigenvalue weighted by molar-refractivity contribution is 7.09. The van der Waals surface area contributed by atoms with Gasteiger partial charge in [-0.15, -0.1) is 11.3 Å². The van der Waals surface area contributed by atoms with Crippen LogP contribution in [0.5, 0.6) is 0 Å². The molecule has 0 bridgehead atoms. The number of carbonyl (C=O) groups excluding carboxylic acids is 1. The summed E-state index contributed by atoms with van der Waals surface area (Å²) in [6.45, 7) is 2.91. The van der Waals surface area contributed by atoms with Crippen molar-refractivity contribution in [1.29, 1.82) is 5.26 Å². The first-order valence-electron chi connectivity index (χ1n) is 8.50. The van der Waals surface area contributed by atoms with Crippen LogP contribution in [-0.4, -0.2) is 31.7 Å². The Morgan fingerprint density at radius 1 is 1.36 bits per heavy atom. The van der Waals surface area contributed by atoms with Gasteiger partial charge in [0.2, 0.25) is 0 Å². The van der Waals surface area contributed by atoms with E-state index >= 15 is 0 Å². The highest BCUT2D eigenvalue weighted by Crippen LogP contribution is 2.11. The summed E-state index contributed by atoms with van der Waals surface area (Å²) in [6, 6.07) is 13.2. The third-order valence-electron chi connectivity index (χ3n) is 4.25. The van der Waals surface area contributed by atoms with Crippen LogP contribution in [-0.2, 0) is 16.1 Å². The van der Waals surface area contributed by atoms with Gasteiger partial charge in [0.05, 0.1) is 16.5 Å². The van der Waals surface area contributed by atoms with Crippen molar-refractivity contribution in [3.63, 3.8) is 0 Å². The van der Waals surface area contributed by atoms with Crippen molar-refractivity contribution in [3.8, 4) is 6.07 Å². The normalized spacial score (nSPS) is 17.8. The molecule has 0 spiro atoms. The van der Waals surface area contributed by atoms with Gasteiger partial charge in [0.25, 0.3) is 5.91 Å². The molecule has 0 radical (unpaired) electrons. The quantitative estimate of drug-likeness (QED) is 0.795. The van der Waals surface area contributed by atoms with E-state index in [1.807, 2.05) is 6.07 Å². The van der Waals surface area contributed by atoms with Gasteiger partial charge in [-0.1, -0.05) is 6.07 Å². The van der Waals surface area contributed by atoms with E-state index in [4.69, 9.17) is 10.00 Å². The van der Waals surface area contributed by atoms with E-state index in [9.17, 15) is 4.79 Å². The van der Waals surface area contributed by atoms with Crippen LogP contribution in [0.15, 0.2) is 41.8 Å². The predicted molar refractivity (Wildman–Crippen MR) is 97.5 cm³/mol. The molecule has 25 heavy (non-hydrogen) atoms. The molecule has 2 heterocycles. The lowest BCUT2D eigenvalue weighted by Gasteiger charge is -2.21. The highest BCUT2D eigenvalue weighted by atomic mass is 32.1. The Morgan fingerprint density at radius 3 is 2.84 bits per heavy atom. The number of benzene rings is 1. The number of carbonyl (C=O) groups is 1. The average Bonchev–Trinajstić information content (AvgIpc) is 3.29. The van der Waals surface area contributed by atoms with Crippen molar-refractivity contribution in [2.45, 2.75) is 25.5 Å². The fourth-order valence-electron chi connectivity index (χ4n) is 3.05. The summed E-state index contributed by atoms with van der Waals surface area (Å²) in [5, 5.41) is 13.8. The Labute approximate surface area is 151 Å². The number of nitrogens with one attached hydrogen (secondary N) is 2. The van der Waals surface area contributed by atoms with E-state index < -0.39 is 0 Å². The van der Waals surface area contributed by atoms with Crippen LogP contribution in [0.3, 0.4) is 0 Å². The van der Waals surface area contributed by atoms with Gasteiger partial charge < -0.3 is 15.0 Å². The lowest BCUT2D eigenvalue weighted by Crippen LogP contribution is -3.12. The highest BCUT2D eigenvalue weighted by Gasteiger charge is 2.24. The van der Waals surface area contributed by atoms with E-state index in [1.54, 1.807) is 35.6 Å². The second-order valence-corrected chi connectivity index (χ2v) is 7.29. The second-order valence-electron chi connectivity index (χ2n) is 6.26. The molecule has 2 N–H and O–H groups in total. The fraction of sp³-hybridized carbons (Fsp3) is 0.368. The Morgan fingerprint density at radius 2 is 2.20 bits per heavy atom. The Hall–Kier alpha value is -2.20. The third-order valence-corrected chi connectivity index (χ3v) is 5.13. The molecule has 1 aromatic heterocycles. The molecule has 1 unspecified atom stereocenters. The maximum atomic E-state index is 12.4. The number of rotatable bonds is 7. The molecule has 2 aromatic rings. The molecule has 2 atom stereocenters. The minimum absolute atomic E-state index is 0.0192. The largest absolute Gasteiger partial charge is 0.372 e. The smallest absolute Gasteiger partial charge is 0.279 e. The molecule has 130 valence electrons. The minimum atomic E-state index is -0.0192. The molecular formula is C19H22N3O2S+. The fourth-order valence-corrected chi connectivity index (χ4v) is 3.83. The molecule has 3 rings (SSSR count). The van der Waals surface area contributed by atoms with Gasteiger partial charge in [0.1, 0.15) is 19.2 Å². The van der Waals surface area contributed by atoms with Crippen LogP contribution in [0.4, 0.5) is 5.69 Å². The van der Waals surface area contributed by atoms with Crippen molar-refractivity contribution in [2.24, 2.45) is 0 Å². The monoisotopic (exact) mass is 356 g/mol. The minimum Gasteiger partial charge on any atom is -0.372 e. The molecule has 6 heteroatoms. The second kappa shape index (κ2) is 8.77.